The van der Waals surface area contributed by atoms with Crippen molar-refractivity contribution in [2.24, 2.45) is 0 Å². The molecule has 0 fully saturated rings. The predicted molar refractivity (Wildman–Crippen MR) is 235 cm³/mol. The molecule has 0 radical (unpaired) electrons. The van der Waals surface area contributed by atoms with Crippen molar-refractivity contribution in [2.75, 3.05) is 40.9 Å². The van der Waals surface area contributed by atoms with Gasteiger partial charge in [0.15, 0.2) is 0 Å². The molecule has 0 saturated heterocycles. The van der Waals surface area contributed by atoms with Gasteiger partial charge in [-0.25, -0.2) is 4.57 Å². The standard InChI is InChI=1S/C46H87N2O6P/c1-6-8-10-12-14-16-18-20-22-24-25-27-29-31-33-35-37-39-45(49)44(43-54-55(51,52)53-42-41-48(3,4)5)47-46(50)40-38-36-34-32-30-28-26-23-21-19-17-15-13-11-9-7-2/h22-24,26,29,31,37,39,44-45,49H,6-21,25,27-28,30,32-36,38,40-43H2,1-5H3,(H-,47,50,51,52)/p+1/b24-22+,26-23-,31-29+,39-37+. The Morgan fingerprint density at radius 3 is 1.45 bits per heavy atom. The van der Waals surface area contributed by atoms with Crippen molar-refractivity contribution < 1.29 is 32.9 Å². The lowest BCUT2D eigenvalue weighted by Gasteiger charge is -2.25. The van der Waals surface area contributed by atoms with Crippen molar-refractivity contribution in [2.45, 2.75) is 199 Å². The van der Waals surface area contributed by atoms with Crippen molar-refractivity contribution in [3.05, 3.63) is 48.6 Å². The molecular formula is C46H88N2O6P+. The number of rotatable bonds is 40. The first kappa shape index (κ1) is 53.5. The van der Waals surface area contributed by atoms with E-state index in [9.17, 15) is 19.4 Å². The summed E-state index contributed by atoms with van der Waals surface area (Å²) in [6.07, 6.45) is 47.5. The monoisotopic (exact) mass is 796 g/mol. The molecule has 0 aromatic carbocycles. The summed E-state index contributed by atoms with van der Waals surface area (Å²) in [5.74, 6) is -0.201. The maximum absolute atomic E-state index is 12.9. The fourth-order valence-corrected chi connectivity index (χ4v) is 6.86. The highest BCUT2D eigenvalue weighted by molar-refractivity contribution is 7.47. The molecule has 9 heteroatoms. The van der Waals surface area contributed by atoms with Gasteiger partial charge in [-0.3, -0.25) is 13.8 Å². The van der Waals surface area contributed by atoms with Gasteiger partial charge in [-0.15, -0.1) is 0 Å². The Balaban J connectivity index is 4.53. The van der Waals surface area contributed by atoms with Gasteiger partial charge in [-0.1, -0.05) is 159 Å². The Morgan fingerprint density at radius 1 is 0.600 bits per heavy atom. The molecule has 0 aliphatic rings. The van der Waals surface area contributed by atoms with Crippen molar-refractivity contribution >= 4 is 13.7 Å². The number of phosphoric ester groups is 1. The SMILES string of the molecule is CCCCCCCCC/C=C\CCCCCCCC(=O)NC(COP(=O)(O)OCC[N+](C)(C)C)C(O)/C=C/CC/C=C/CC/C=C/CCCCCCCCC. The maximum atomic E-state index is 12.9. The van der Waals surface area contributed by atoms with Crippen molar-refractivity contribution in [3.63, 3.8) is 0 Å². The van der Waals surface area contributed by atoms with Gasteiger partial charge >= 0.3 is 7.82 Å². The van der Waals surface area contributed by atoms with Crippen LogP contribution in [0.2, 0.25) is 0 Å². The summed E-state index contributed by atoms with van der Waals surface area (Å²) in [4.78, 5) is 23.1. The minimum absolute atomic E-state index is 0.0510. The Bertz CT molecular complexity index is 1040. The predicted octanol–water partition coefficient (Wildman–Crippen LogP) is 12.5. The molecular weight excluding hydrogens is 707 g/mol. The third kappa shape index (κ3) is 40.5. The van der Waals surface area contributed by atoms with Gasteiger partial charge in [-0.2, -0.15) is 0 Å². The lowest BCUT2D eigenvalue weighted by atomic mass is 10.1. The van der Waals surface area contributed by atoms with Crippen LogP contribution < -0.4 is 5.32 Å². The third-order valence-electron chi connectivity index (χ3n) is 9.75. The molecule has 0 spiro atoms. The lowest BCUT2D eigenvalue weighted by Crippen LogP contribution is -2.45. The van der Waals surface area contributed by atoms with Crippen LogP contribution in [-0.4, -0.2) is 73.4 Å². The van der Waals surface area contributed by atoms with E-state index in [-0.39, 0.29) is 19.1 Å². The highest BCUT2D eigenvalue weighted by Gasteiger charge is 2.27. The van der Waals surface area contributed by atoms with E-state index in [1.807, 2.05) is 27.2 Å². The second-order valence-electron chi connectivity index (χ2n) is 16.4. The molecule has 0 heterocycles. The van der Waals surface area contributed by atoms with Crippen LogP contribution in [0.4, 0.5) is 0 Å². The summed E-state index contributed by atoms with van der Waals surface area (Å²) in [6, 6.07) is -0.873. The molecule has 322 valence electrons. The third-order valence-corrected chi connectivity index (χ3v) is 10.7. The number of amides is 1. The number of quaternary nitrogens is 1. The molecule has 0 aliphatic carbocycles. The van der Waals surface area contributed by atoms with Gasteiger partial charge in [0.05, 0.1) is 39.9 Å². The number of allylic oxidation sites excluding steroid dienone is 7. The zero-order chi connectivity index (χ0) is 40.7. The van der Waals surface area contributed by atoms with E-state index in [2.05, 4.69) is 55.6 Å². The average molecular weight is 796 g/mol. The first-order valence-corrected chi connectivity index (χ1v) is 24.0. The highest BCUT2D eigenvalue weighted by atomic mass is 31.2. The molecule has 0 aromatic rings. The van der Waals surface area contributed by atoms with Crippen molar-refractivity contribution in [1.82, 2.24) is 5.32 Å². The van der Waals surface area contributed by atoms with Crippen LogP contribution in [0.25, 0.3) is 0 Å². The quantitative estimate of drug-likeness (QED) is 0.0247. The largest absolute Gasteiger partial charge is 0.472 e. The Morgan fingerprint density at radius 2 is 1.00 bits per heavy atom. The van der Waals surface area contributed by atoms with Crippen molar-refractivity contribution in [1.29, 1.82) is 0 Å². The molecule has 8 nitrogen and oxygen atoms in total. The van der Waals surface area contributed by atoms with Gasteiger partial charge in [0.1, 0.15) is 13.2 Å². The molecule has 0 aliphatic heterocycles. The van der Waals surface area contributed by atoms with E-state index in [1.165, 1.54) is 109 Å². The van der Waals surface area contributed by atoms with Crippen LogP contribution in [-0.2, 0) is 18.4 Å². The molecule has 0 aromatic heterocycles. The first-order chi connectivity index (χ1) is 26.5. The zero-order valence-corrected chi connectivity index (χ0v) is 37.3. The first-order valence-electron chi connectivity index (χ1n) is 22.5. The Kier molecular flexibility index (Phi) is 36.9. The minimum Gasteiger partial charge on any atom is -0.387 e. The van der Waals surface area contributed by atoms with Gasteiger partial charge in [0.25, 0.3) is 0 Å². The number of nitrogens with zero attached hydrogens (tertiary/aromatic N) is 1. The molecule has 3 atom stereocenters. The molecule has 3 unspecified atom stereocenters. The molecule has 55 heavy (non-hydrogen) atoms. The smallest absolute Gasteiger partial charge is 0.387 e. The number of carbonyl (C=O) groups is 1. The number of unbranched alkanes of at least 4 members (excludes halogenated alkanes) is 21. The molecule has 0 rings (SSSR count). The second-order valence-corrected chi connectivity index (χ2v) is 17.9. The Labute approximate surface area is 339 Å². The summed E-state index contributed by atoms with van der Waals surface area (Å²) >= 11 is 0. The normalized spacial score (nSPS) is 14.8. The number of aliphatic hydroxyl groups is 1. The van der Waals surface area contributed by atoms with Crippen molar-refractivity contribution in [3.8, 4) is 0 Å². The number of hydrogen-bond acceptors (Lipinski definition) is 5. The van der Waals surface area contributed by atoms with Crippen LogP contribution in [0.5, 0.6) is 0 Å². The summed E-state index contributed by atoms with van der Waals surface area (Å²) in [5.41, 5.74) is 0. The minimum atomic E-state index is -4.35. The maximum Gasteiger partial charge on any atom is 0.472 e. The van der Waals surface area contributed by atoms with E-state index in [0.717, 1.165) is 57.8 Å². The van der Waals surface area contributed by atoms with Gasteiger partial charge in [-0.05, 0) is 70.6 Å². The van der Waals surface area contributed by atoms with E-state index in [0.29, 0.717) is 17.4 Å². The second kappa shape index (κ2) is 38.0. The average Bonchev–Trinajstić information content (AvgIpc) is 3.13. The number of aliphatic hydroxyl groups excluding tert-OH is 1. The van der Waals surface area contributed by atoms with Gasteiger partial charge in [0.2, 0.25) is 5.91 Å². The molecule has 3 N–H and O–H groups in total. The number of likely N-dealkylation sites (N-methyl/N-ethyl adjacent to an activating group) is 1. The van der Waals surface area contributed by atoms with Crippen LogP contribution in [0.15, 0.2) is 48.6 Å². The fraction of sp³-hybridized carbons (Fsp3) is 0.804. The van der Waals surface area contributed by atoms with Crippen LogP contribution in [0, 0.1) is 0 Å². The van der Waals surface area contributed by atoms with E-state index in [1.54, 1.807) is 6.08 Å². The van der Waals surface area contributed by atoms with Crippen LogP contribution >= 0.6 is 7.82 Å². The highest BCUT2D eigenvalue weighted by Crippen LogP contribution is 2.43. The number of nitrogens with one attached hydrogen (secondary N) is 1. The zero-order valence-electron chi connectivity index (χ0n) is 36.4. The fourth-order valence-electron chi connectivity index (χ4n) is 6.12. The van der Waals surface area contributed by atoms with Gasteiger partial charge < -0.3 is 19.8 Å². The van der Waals surface area contributed by atoms with Crippen LogP contribution in [0.3, 0.4) is 0 Å². The summed E-state index contributed by atoms with van der Waals surface area (Å²) < 4.78 is 23.5. The van der Waals surface area contributed by atoms with Gasteiger partial charge in [0, 0.05) is 6.42 Å². The van der Waals surface area contributed by atoms with E-state index < -0.39 is 20.0 Å². The number of phosphoric acid groups is 1. The summed E-state index contributed by atoms with van der Waals surface area (Å²) in [7, 11) is 1.54. The molecule has 0 bridgehead atoms. The van der Waals surface area contributed by atoms with E-state index >= 15 is 0 Å². The topological polar surface area (TPSA) is 105 Å². The summed E-state index contributed by atoms with van der Waals surface area (Å²) in [5, 5.41) is 13.8. The lowest BCUT2D eigenvalue weighted by molar-refractivity contribution is -0.870. The summed E-state index contributed by atoms with van der Waals surface area (Å²) in [6.45, 7) is 4.76. The van der Waals surface area contributed by atoms with E-state index in [4.69, 9.17) is 9.05 Å². The molecule has 0 saturated carbocycles. The Hall–Kier alpha value is -1.54. The van der Waals surface area contributed by atoms with Crippen LogP contribution in [0.1, 0.15) is 187 Å². The molecule has 1 amide bonds. The number of carbonyl (C=O) groups excluding carboxylic acids is 1. The number of hydrogen-bond donors (Lipinski definition) is 3.